The van der Waals surface area contributed by atoms with Crippen LogP contribution in [0.5, 0.6) is 0 Å². The monoisotopic (exact) mass is 166 g/mol. The Morgan fingerprint density at radius 1 is 1.60 bits per heavy atom. The zero-order valence-electron chi connectivity index (χ0n) is 6.09. The van der Waals surface area contributed by atoms with Gasteiger partial charge in [-0.3, -0.25) is 4.79 Å². The quantitative estimate of drug-likeness (QED) is 0.352. The van der Waals surface area contributed by atoms with Crippen molar-refractivity contribution in [1.82, 2.24) is 0 Å². The smallest absolute Gasteiger partial charge is 0.323 e. The minimum absolute atomic E-state index is 0.270. The number of ether oxygens (including phenoxy) is 2. The van der Waals surface area contributed by atoms with E-state index in [0.717, 1.165) is 0 Å². The van der Waals surface area contributed by atoms with E-state index in [1.54, 1.807) is 6.92 Å². The lowest BCUT2D eigenvalue weighted by molar-refractivity contribution is -0.144. The molecule has 4 heteroatoms. The third-order valence-electron chi connectivity index (χ3n) is 0.857. The number of rotatable bonds is 4. The van der Waals surface area contributed by atoms with Crippen molar-refractivity contribution in [3.63, 3.8) is 0 Å². The summed E-state index contributed by atoms with van der Waals surface area (Å²) in [4.78, 5) is 10.6. The summed E-state index contributed by atoms with van der Waals surface area (Å²) >= 11 is 5.39. The Hall–Kier alpha value is -0.280. The van der Waals surface area contributed by atoms with E-state index in [1.165, 1.54) is 7.11 Å². The molecule has 0 N–H and O–H groups in total. The van der Waals surface area contributed by atoms with Gasteiger partial charge in [0.1, 0.15) is 12.0 Å². The first-order valence-electron chi connectivity index (χ1n) is 2.98. The highest BCUT2D eigenvalue weighted by Crippen LogP contribution is 1.95. The molecule has 0 aliphatic carbocycles. The van der Waals surface area contributed by atoms with Crippen molar-refractivity contribution in [1.29, 1.82) is 0 Å². The molecular weight excluding hydrogens is 156 g/mol. The molecule has 0 fully saturated rings. The van der Waals surface area contributed by atoms with E-state index in [2.05, 4.69) is 9.47 Å². The molecule has 0 aliphatic heterocycles. The Morgan fingerprint density at radius 3 is 2.60 bits per heavy atom. The van der Waals surface area contributed by atoms with Gasteiger partial charge in [-0.1, -0.05) is 0 Å². The molecule has 1 atom stereocenters. The molecule has 0 bridgehead atoms. The predicted molar refractivity (Wildman–Crippen MR) is 38.2 cm³/mol. The van der Waals surface area contributed by atoms with E-state index < -0.39 is 11.3 Å². The number of alkyl halides is 1. The van der Waals surface area contributed by atoms with Crippen LogP contribution >= 0.6 is 11.6 Å². The minimum atomic E-state index is -0.572. The fraction of sp³-hybridized carbons (Fsp3) is 0.833. The molecule has 0 aliphatic rings. The highest BCUT2D eigenvalue weighted by Gasteiger charge is 2.08. The maximum absolute atomic E-state index is 10.6. The van der Waals surface area contributed by atoms with Crippen molar-refractivity contribution in [3.8, 4) is 0 Å². The second kappa shape index (κ2) is 5.50. The van der Waals surface area contributed by atoms with Crippen LogP contribution in [0.2, 0.25) is 0 Å². The van der Waals surface area contributed by atoms with Gasteiger partial charge in [0.15, 0.2) is 0 Å². The maximum atomic E-state index is 10.6. The summed E-state index contributed by atoms with van der Waals surface area (Å²) in [7, 11) is 1.54. The average molecular weight is 167 g/mol. The topological polar surface area (TPSA) is 35.5 Å². The summed E-state index contributed by atoms with van der Waals surface area (Å²) in [6.07, 6.45) is 0. The highest BCUT2D eigenvalue weighted by atomic mass is 35.5. The Morgan fingerprint density at radius 2 is 2.20 bits per heavy atom. The lowest BCUT2D eigenvalue weighted by Gasteiger charge is -2.03. The van der Waals surface area contributed by atoms with Gasteiger partial charge in [0.05, 0.1) is 6.61 Å². The number of hydrogen-bond acceptors (Lipinski definition) is 3. The summed E-state index contributed by atoms with van der Waals surface area (Å²) < 4.78 is 9.30. The number of carbonyl (C=O) groups is 1. The lowest BCUT2D eigenvalue weighted by atomic mass is 10.5. The summed E-state index contributed by atoms with van der Waals surface area (Å²) in [5.74, 6) is -0.404. The fourth-order valence-electron chi connectivity index (χ4n) is 0.340. The first kappa shape index (κ1) is 9.72. The molecule has 0 heterocycles. The average Bonchev–Trinajstić information content (AvgIpc) is 1.88. The number of carbonyl (C=O) groups excluding carboxylic acids is 1. The standard InChI is InChI=1S/C6H11ClO3/c1-5(7)6(8)10-4-3-9-2/h5H,3-4H2,1-2H3. The SMILES string of the molecule is COCCOC(=O)C(C)Cl. The lowest BCUT2D eigenvalue weighted by Crippen LogP contribution is -2.16. The van der Waals surface area contributed by atoms with Crippen LogP contribution in [0.1, 0.15) is 6.92 Å². The fourth-order valence-corrected chi connectivity index (χ4v) is 0.403. The molecule has 0 saturated carbocycles. The zero-order chi connectivity index (χ0) is 7.98. The predicted octanol–water partition coefficient (Wildman–Crippen LogP) is 0.803. The molecule has 0 radical (unpaired) electrons. The molecule has 3 nitrogen and oxygen atoms in total. The number of halogens is 1. The van der Waals surface area contributed by atoms with Crippen molar-refractivity contribution >= 4 is 17.6 Å². The molecule has 0 amide bonds. The zero-order valence-corrected chi connectivity index (χ0v) is 6.85. The van der Waals surface area contributed by atoms with E-state index in [4.69, 9.17) is 11.6 Å². The molecule has 60 valence electrons. The molecular formula is C6H11ClO3. The first-order chi connectivity index (χ1) is 4.68. The van der Waals surface area contributed by atoms with E-state index >= 15 is 0 Å². The molecule has 0 rings (SSSR count). The van der Waals surface area contributed by atoms with Gasteiger partial charge in [-0.15, -0.1) is 11.6 Å². The van der Waals surface area contributed by atoms with Gasteiger partial charge in [0, 0.05) is 7.11 Å². The van der Waals surface area contributed by atoms with Gasteiger partial charge in [-0.05, 0) is 6.92 Å². The van der Waals surface area contributed by atoms with Gasteiger partial charge in [-0.25, -0.2) is 0 Å². The van der Waals surface area contributed by atoms with Crippen molar-refractivity contribution in [2.24, 2.45) is 0 Å². The Bertz CT molecular complexity index is 103. The summed E-state index contributed by atoms with van der Waals surface area (Å²) in [5, 5.41) is -0.572. The van der Waals surface area contributed by atoms with Gasteiger partial charge in [0.2, 0.25) is 0 Å². The van der Waals surface area contributed by atoms with E-state index in [0.29, 0.717) is 6.61 Å². The molecule has 0 aromatic carbocycles. The molecule has 10 heavy (non-hydrogen) atoms. The third kappa shape index (κ3) is 4.58. The normalized spacial score (nSPS) is 12.7. The molecule has 0 aromatic rings. The van der Waals surface area contributed by atoms with Gasteiger partial charge >= 0.3 is 5.97 Å². The summed E-state index contributed by atoms with van der Waals surface area (Å²) in [6, 6.07) is 0. The van der Waals surface area contributed by atoms with E-state index in [1.807, 2.05) is 0 Å². The summed E-state index contributed by atoms with van der Waals surface area (Å²) in [6.45, 7) is 2.25. The molecule has 0 aromatic heterocycles. The number of methoxy groups -OCH3 is 1. The minimum Gasteiger partial charge on any atom is -0.462 e. The van der Waals surface area contributed by atoms with Crippen LogP contribution in [0.25, 0.3) is 0 Å². The van der Waals surface area contributed by atoms with Crippen LogP contribution in [-0.4, -0.2) is 31.7 Å². The van der Waals surface area contributed by atoms with E-state index in [-0.39, 0.29) is 6.61 Å². The van der Waals surface area contributed by atoms with Crippen LogP contribution < -0.4 is 0 Å². The van der Waals surface area contributed by atoms with Crippen LogP contribution in [0.15, 0.2) is 0 Å². The molecule has 1 unspecified atom stereocenters. The van der Waals surface area contributed by atoms with Crippen molar-refractivity contribution in [2.45, 2.75) is 12.3 Å². The largest absolute Gasteiger partial charge is 0.462 e. The number of esters is 1. The van der Waals surface area contributed by atoms with Gasteiger partial charge in [0.25, 0.3) is 0 Å². The van der Waals surface area contributed by atoms with Crippen LogP contribution in [0, 0.1) is 0 Å². The molecule has 0 saturated heterocycles. The highest BCUT2D eigenvalue weighted by molar-refractivity contribution is 6.29. The first-order valence-corrected chi connectivity index (χ1v) is 3.41. The van der Waals surface area contributed by atoms with Crippen LogP contribution in [-0.2, 0) is 14.3 Å². The van der Waals surface area contributed by atoms with Crippen LogP contribution in [0.4, 0.5) is 0 Å². The second-order valence-corrected chi connectivity index (χ2v) is 2.43. The van der Waals surface area contributed by atoms with Crippen molar-refractivity contribution < 1.29 is 14.3 Å². The van der Waals surface area contributed by atoms with E-state index in [9.17, 15) is 4.79 Å². The Balaban J connectivity index is 3.22. The third-order valence-corrected chi connectivity index (χ3v) is 1.03. The van der Waals surface area contributed by atoms with Crippen molar-refractivity contribution in [3.05, 3.63) is 0 Å². The van der Waals surface area contributed by atoms with Crippen molar-refractivity contribution in [2.75, 3.05) is 20.3 Å². The van der Waals surface area contributed by atoms with Crippen LogP contribution in [0.3, 0.4) is 0 Å². The molecule has 0 spiro atoms. The number of hydrogen-bond donors (Lipinski definition) is 0. The summed E-state index contributed by atoms with van der Waals surface area (Å²) in [5.41, 5.74) is 0. The van der Waals surface area contributed by atoms with Gasteiger partial charge in [-0.2, -0.15) is 0 Å². The Kier molecular flexibility index (Phi) is 5.35. The second-order valence-electron chi connectivity index (χ2n) is 1.78. The Labute approximate surface area is 65.3 Å². The van der Waals surface area contributed by atoms with Gasteiger partial charge < -0.3 is 9.47 Å². The maximum Gasteiger partial charge on any atom is 0.323 e.